The Morgan fingerprint density at radius 3 is 1.08 bits per heavy atom. The normalized spacial score (nSPS) is 11.8. The van der Waals surface area contributed by atoms with Crippen LogP contribution in [0.1, 0.15) is 22.3 Å². The minimum absolute atomic E-state index is 0.348. The van der Waals surface area contributed by atoms with Crippen LogP contribution in [0.4, 0.5) is 26.3 Å². The molecule has 0 aliphatic rings. The second-order valence-corrected chi connectivity index (χ2v) is 12.7. The molecule has 0 atom stereocenters. The van der Waals surface area contributed by atoms with Crippen molar-refractivity contribution in [1.29, 1.82) is 0 Å². The van der Waals surface area contributed by atoms with Gasteiger partial charge in [0.25, 0.3) is 0 Å². The minimum Gasteiger partial charge on any atom is -0.248 e. The monoisotopic (exact) mass is 700 g/mol. The zero-order valence-corrected chi connectivity index (χ0v) is 28.0. The number of rotatable bonds is 6. The first-order valence-corrected chi connectivity index (χ1v) is 16.5. The average Bonchev–Trinajstić information content (AvgIpc) is 3.14. The lowest BCUT2D eigenvalue weighted by atomic mass is 9.88. The molecular weight excluding hydrogens is 670 g/mol. The lowest BCUT2D eigenvalue weighted by Gasteiger charge is -2.18. The summed E-state index contributed by atoms with van der Waals surface area (Å²) in [6.07, 6.45) is -9.02. The summed E-state index contributed by atoms with van der Waals surface area (Å²) in [7, 11) is 0. The van der Waals surface area contributed by atoms with Crippen molar-refractivity contribution in [2.24, 2.45) is 0 Å². The van der Waals surface area contributed by atoms with Crippen LogP contribution in [0.3, 0.4) is 0 Å². The van der Waals surface area contributed by atoms with Gasteiger partial charge in [-0.2, -0.15) is 26.3 Å². The van der Waals surface area contributed by atoms with Gasteiger partial charge in [0.1, 0.15) is 0 Å². The van der Waals surface area contributed by atoms with Crippen molar-refractivity contribution < 1.29 is 26.3 Å². The largest absolute Gasteiger partial charge is 0.416 e. The van der Waals surface area contributed by atoms with E-state index in [-0.39, 0.29) is 0 Å². The van der Waals surface area contributed by atoms with Gasteiger partial charge in [-0.25, -0.2) is 9.97 Å². The molecule has 2 nitrogen and oxygen atoms in total. The van der Waals surface area contributed by atoms with E-state index in [0.717, 1.165) is 57.6 Å². The Labute approximate surface area is 297 Å². The van der Waals surface area contributed by atoms with Gasteiger partial charge in [-0.3, -0.25) is 0 Å². The van der Waals surface area contributed by atoms with E-state index in [1.165, 1.54) is 0 Å². The van der Waals surface area contributed by atoms with Crippen LogP contribution in [0.15, 0.2) is 146 Å². The Kier molecular flexibility index (Phi) is 9.01. The third kappa shape index (κ3) is 7.23. The van der Waals surface area contributed by atoms with Crippen molar-refractivity contribution in [1.82, 2.24) is 9.97 Å². The van der Waals surface area contributed by atoms with Crippen molar-refractivity contribution in [2.45, 2.75) is 26.2 Å². The van der Waals surface area contributed by atoms with Crippen LogP contribution in [-0.4, -0.2) is 9.97 Å². The van der Waals surface area contributed by atoms with Crippen molar-refractivity contribution in [3.05, 3.63) is 168 Å². The Bertz CT molecular complexity index is 2230. The highest BCUT2D eigenvalue weighted by molar-refractivity contribution is 5.94. The smallest absolute Gasteiger partial charge is 0.248 e. The molecule has 0 unspecified atom stereocenters. The van der Waals surface area contributed by atoms with Crippen molar-refractivity contribution in [3.8, 4) is 67.3 Å². The van der Waals surface area contributed by atoms with Gasteiger partial charge in [0.2, 0.25) is 0 Å². The van der Waals surface area contributed by atoms with Crippen LogP contribution >= 0.6 is 0 Å². The summed E-state index contributed by atoms with van der Waals surface area (Å²) < 4.78 is 82.6. The van der Waals surface area contributed by atoms with E-state index in [4.69, 9.17) is 9.97 Å². The lowest BCUT2D eigenvalue weighted by Crippen LogP contribution is -2.05. The van der Waals surface area contributed by atoms with Gasteiger partial charge in [0, 0.05) is 22.3 Å². The molecule has 2 heterocycles. The highest BCUT2D eigenvalue weighted by Crippen LogP contribution is 2.43. The predicted octanol–water partition coefficient (Wildman–Crippen LogP) is 13.1. The van der Waals surface area contributed by atoms with Gasteiger partial charge in [-0.1, -0.05) is 72.8 Å². The van der Waals surface area contributed by atoms with Gasteiger partial charge >= 0.3 is 12.4 Å². The molecule has 0 amide bonds. The van der Waals surface area contributed by atoms with Gasteiger partial charge in [0.15, 0.2) is 0 Å². The number of hydrogen-bond acceptors (Lipinski definition) is 2. The van der Waals surface area contributed by atoms with E-state index in [1.807, 2.05) is 84.9 Å². The first-order chi connectivity index (χ1) is 24.8. The fourth-order valence-electron chi connectivity index (χ4n) is 6.42. The highest BCUT2D eigenvalue weighted by atomic mass is 19.4. The Morgan fingerprint density at radius 1 is 0.346 bits per heavy atom. The lowest BCUT2D eigenvalue weighted by molar-refractivity contribution is -0.138. The highest BCUT2D eigenvalue weighted by Gasteiger charge is 2.32. The third-order valence-corrected chi connectivity index (χ3v) is 8.78. The molecule has 2 aromatic heterocycles. The maximum absolute atomic E-state index is 13.8. The van der Waals surface area contributed by atoms with Crippen LogP contribution < -0.4 is 0 Å². The van der Waals surface area contributed by atoms with Crippen LogP contribution in [0.2, 0.25) is 0 Å². The zero-order chi connectivity index (χ0) is 36.6. The minimum atomic E-state index is -4.51. The van der Waals surface area contributed by atoms with Crippen LogP contribution in [0.25, 0.3) is 67.3 Å². The molecule has 0 saturated heterocycles. The molecule has 0 fully saturated rings. The van der Waals surface area contributed by atoms with E-state index in [0.29, 0.717) is 45.0 Å². The molecule has 258 valence electrons. The van der Waals surface area contributed by atoms with Gasteiger partial charge in [-0.15, -0.1) is 0 Å². The Hall–Kier alpha value is -6.02. The molecule has 0 radical (unpaired) electrons. The quantitative estimate of drug-likeness (QED) is 0.161. The standard InChI is InChI=1S/C44H30F6N2/c1-27-19-31(23-33(21-27)43(45,46)47)39-15-9-17-41(51-39)37-25-36(30-13-7-4-8-14-30)38(26-35(37)29-11-5-3-6-12-29)42-18-10-16-40(52-42)32-20-28(2)22-34(24-32)44(48,49)50/h3-26H,1-2H3. The molecule has 0 aliphatic carbocycles. The fourth-order valence-corrected chi connectivity index (χ4v) is 6.42. The summed E-state index contributed by atoms with van der Waals surface area (Å²) in [6, 6.07) is 41.7. The number of nitrogens with zero attached hydrogens (tertiary/aromatic N) is 2. The second-order valence-electron chi connectivity index (χ2n) is 12.7. The molecule has 7 aromatic rings. The molecule has 0 spiro atoms. The number of hydrogen-bond donors (Lipinski definition) is 0. The predicted molar refractivity (Wildman–Crippen MR) is 194 cm³/mol. The van der Waals surface area contributed by atoms with Crippen molar-refractivity contribution in [3.63, 3.8) is 0 Å². The van der Waals surface area contributed by atoms with E-state index >= 15 is 0 Å². The Morgan fingerprint density at radius 2 is 0.712 bits per heavy atom. The van der Waals surface area contributed by atoms with E-state index in [9.17, 15) is 26.3 Å². The zero-order valence-electron chi connectivity index (χ0n) is 28.0. The van der Waals surface area contributed by atoms with Gasteiger partial charge < -0.3 is 0 Å². The maximum atomic E-state index is 13.8. The summed E-state index contributed by atoms with van der Waals surface area (Å²) >= 11 is 0. The molecule has 8 heteroatoms. The van der Waals surface area contributed by atoms with Crippen LogP contribution in [0.5, 0.6) is 0 Å². The molecular formula is C44H30F6N2. The number of pyridine rings is 2. The van der Waals surface area contributed by atoms with Gasteiger partial charge in [-0.05, 0) is 120 Å². The van der Waals surface area contributed by atoms with Crippen molar-refractivity contribution >= 4 is 0 Å². The first kappa shape index (κ1) is 34.4. The number of alkyl halides is 6. The summed E-state index contributed by atoms with van der Waals surface area (Å²) in [6.45, 7) is 3.25. The molecule has 0 saturated carbocycles. The third-order valence-electron chi connectivity index (χ3n) is 8.78. The fraction of sp³-hybridized carbons (Fsp3) is 0.0909. The number of aromatic nitrogens is 2. The summed E-state index contributed by atoms with van der Waals surface area (Å²) in [5.41, 5.74) is 6.82. The SMILES string of the molecule is Cc1cc(-c2cccc(-c3cc(-c4ccccc4)c(-c4cccc(-c5cc(C)cc(C(F)(F)F)c5)n4)cc3-c3ccccc3)n2)cc(C(F)(F)F)c1. The molecule has 0 bridgehead atoms. The summed E-state index contributed by atoms with van der Waals surface area (Å²) in [4.78, 5) is 9.83. The Balaban J connectivity index is 1.45. The molecule has 52 heavy (non-hydrogen) atoms. The molecule has 7 rings (SSSR count). The van der Waals surface area contributed by atoms with Crippen LogP contribution in [-0.2, 0) is 12.4 Å². The average molecular weight is 701 g/mol. The topological polar surface area (TPSA) is 25.8 Å². The van der Waals surface area contributed by atoms with Crippen LogP contribution in [0, 0.1) is 13.8 Å². The van der Waals surface area contributed by atoms with E-state index < -0.39 is 23.5 Å². The van der Waals surface area contributed by atoms with Gasteiger partial charge in [0.05, 0.1) is 33.9 Å². The number of benzene rings is 5. The second kappa shape index (κ2) is 13.6. The molecule has 0 N–H and O–H groups in total. The number of halogens is 6. The number of aryl methyl sites for hydroxylation is 2. The van der Waals surface area contributed by atoms with E-state index in [2.05, 4.69) is 0 Å². The summed E-state index contributed by atoms with van der Waals surface area (Å²) in [5.74, 6) is 0. The first-order valence-electron chi connectivity index (χ1n) is 16.5. The molecule has 5 aromatic carbocycles. The maximum Gasteiger partial charge on any atom is 0.416 e. The van der Waals surface area contributed by atoms with Crippen molar-refractivity contribution in [2.75, 3.05) is 0 Å². The summed E-state index contributed by atoms with van der Waals surface area (Å²) in [5, 5.41) is 0. The van der Waals surface area contributed by atoms with E-state index in [1.54, 1.807) is 50.2 Å². The molecule has 0 aliphatic heterocycles.